The van der Waals surface area contributed by atoms with E-state index in [1.807, 2.05) is 11.8 Å². The van der Waals surface area contributed by atoms with Gasteiger partial charge in [0.25, 0.3) is 11.6 Å². The molecular formula is C16H24N2O3. The van der Waals surface area contributed by atoms with Crippen LogP contribution in [0.5, 0.6) is 0 Å². The van der Waals surface area contributed by atoms with Crippen molar-refractivity contribution in [2.45, 2.75) is 40.5 Å². The minimum absolute atomic E-state index is 0.0205. The maximum atomic E-state index is 12.6. The molecule has 0 radical (unpaired) electrons. The van der Waals surface area contributed by atoms with Crippen molar-refractivity contribution in [2.24, 2.45) is 5.92 Å². The van der Waals surface area contributed by atoms with Gasteiger partial charge in [0, 0.05) is 30.8 Å². The summed E-state index contributed by atoms with van der Waals surface area (Å²) in [5.41, 5.74) is 1.22. The average Bonchev–Trinajstić information content (AvgIpc) is 2.47. The van der Waals surface area contributed by atoms with Crippen LogP contribution in [0.2, 0.25) is 0 Å². The van der Waals surface area contributed by atoms with Crippen LogP contribution in [0, 0.1) is 23.0 Å². The lowest BCUT2D eigenvalue weighted by Gasteiger charge is -2.26. The molecule has 0 atom stereocenters. The van der Waals surface area contributed by atoms with Crippen molar-refractivity contribution in [1.82, 2.24) is 4.90 Å². The van der Waals surface area contributed by atoms with E-state index < -0.39 is 4.92 Å². The number of nitro groups is 1. The number of hydrogen-bond donors (Lipinski definition) is 0. The summed E-state index contributed by atoms with van der Waals surface area (Å²) in [5, 5.41) is 10.8. The summed E-state index contributed by atoms with van der Waals surface area (Å²) in [5.74, 6) is 0.448. The molecule has 0 unspecified atom stereocenters. The van der Waals surface area contributed by atoms with E-state index in [0.29, 0.717) is 23.6 Å². The number of hydrogen-bond acceptors (Lipinski definition) is 3. The van der Waals surface area contributed by atoms with Crippen LogP contribution in [0.25, 0.3) is 0 Å². The van der Waals surface area contributed by atoms with E-state index in [4.69, 9.17) is 0 Å². The highest BCUT2D eigenvalue weighted by molar-refractivity contribution is 5.95. The van der Waals surface area contributed by atoms with Crippen molar-refractivity contribution < 1.29 is 9.72 Å². The molecule has 0 N–H and O–H groups in total. The highest BCUT2D eigenvalue weighted by atomic mass is 16.6. The van der Waals surface area contributed by atoms with Crippen LogP contribution in [-0.4, -0.2) is 28.8 Å². The predicted octanol–water partition coefficient (Wildman–Crippen LogP) is 3.80. The summed E-state index contributed by atoms with van der Waals surface area (Å²) < 4.78 is 0. The van der Waals surface area contributed by atoms with E-state index in [1.54, 1.807) is 13.0 Å². The van der Waals surface area contributed by atoms with Gasteiger partial charge in [0.05, 0.1) is 4.92 Å². The molecule has 0 aliphatic carbocycles. The van der Waals surface area contributed by atoms with Crippen LogP contribution in [0.15, 0.2) is 18.2 Å². The van der Waals surface area contributed by atoms with E-state index in [0.717, 1.165) is 19.4 Å². The fourth-order valence-electron chi connectivity index (χ4n) is 2.39. The number of benzene rings is 1. The molecule has 0 saturated heterocycles. The Hall–Kier alpha value is -1.91. The molecule has 0 fully saturated rings. The fraction of sp³-hybridized carbons (Fsp3) is 0.562. The first-order valence-corrected chi connectivity index (χ1v) is 7.48. The van der Waals surface area contributed by atoms with Crippen molar-refractivity contribution in [3.8, 4) is 0 Å². The zero-order valence-electron chi connectivity index (χ0n) is 13.3. The quantitative estimate of drug-likeness (QED) is 0.567. The van der Waals surface area contributed by atoms with Gasteiger partial charge in [-0.05, 0) is 31.4 Å². The lowest BCUT2D eigenvalue weighted by atomic mass is 10.0. The van der Waals surface area contributed by atoms with Gasteiger partial charge in [0.1, 0.15) is 0 Å². The van der Waals surface area contributed by atoms with E-state index in [2.05, 4.69) is 13.8 Å². The lowest BCUT2D eigenvalue weighted by Crippen LogP contribution is -2.35. The van der Waals surface area contributed by atoms with Crippen molar-refractivity contribution in [1.29, 1.82) is 0 Å². The normalized spacial score (nSPS) is 10.7. The third-order valence-corrected chi connectivity index (χ3v) is 3.95. The largest absolute Gasteiger partial charge is 0.339 e. The second-order valence-corrected chi connectivity index (χ2v) is 5.28. The number of nitrogens with zero attached hydrogens (tertiary/aromatic N) is 2. The minimum atomic E-state index is -0.441. The predicted molar refractivity (Wildman–Crippen MR) is 83.5 cm³/mol. The van der Waals surface area contributed by atoms with Gasteiger partial charge in [0.15, 0.2) is 0 Å². The summed E-state index contributed by atoms with van der Waals surface area (Å²) in [4.78, 5) is 24.7. The number of carbonyl (C=O) groups excluding carboxylic acids is 1. The van der Waals surface area contributed by atoms with Crippen LogP contribution >= 0.6 is 0 Å². The van der Waals surface area contributed by atoms with E-state index >= 15 is 0 Å². The Morgan fingerprint density at radius 3 is 2.33 bits per heavy atom. The number of aryl methyl sites for hydroxylation is 1. The molecule has 0 saturated carbocycles. The molecule has 5 heteroatoms. The zero-order valence-corrected chi connectivity index (χ0v) is 13.3. The van der Waals surface area contributed by atoms with Crippen LogP contribution in [0.3, 0.4) is 0 Å². The van der Waals surface area contributed by atoms with Gasteiger partial charge in [-0.25, -0.2) is 0 Å². The Balaban J connectivity index is 2.97. The third-order valence-electron chi connectivity index (χ3n) is 3.95. The molecule has 1 rings (SSSR count). The van der Waals surface area contributed by atoms with Gasteiger partial charge in [-0.3, -0.25) is 14.9 Å². The lowest BCUT2D eigenvalue weighted by molar-refractivity contribution is -0.384. The first kappa shape index (κ1) is 17.1. The summed E-state index contributed by atoms with van der Waals surface area (Å²) in [6.45, 7) is 9.34. The maximum Gasteiger partial charge on any atom is 0.269 e. The molecule has 0 spiro atoms. The van der Waals surface area contributed by atoms with Gasteiger partial charge >= 0.3 is 0 Å². The topological polar surface area (TPSA) is 63.5 Å². The fourth-order valence-corrected chi connectivity index (χ4v) is 2.39. The molecule has 0 bridgehead atoms. The van der Waals surface area contributed by atoms with Crippen molar-refractivity contribution in [2.75, 3.05) is 13.1 Å². The number of amides is 1. The summed E-state index contributed by atoms with van der Waals surface area (Å²) in [6.07, 6.45) is 2.08. The summed E-state index contributed by atoms with van der Waals surface area (Å²) >= 11 is 0. The van der Waals surface area contributed by atoms with Gasteiger partial charge < -0.3 is 4.90 Å². The molecule has 5 nitrogen and oxygen atoms in total. The van der Waals surface area contributed by atoms with Crippen molar-refractivity contribution >= 4 is 11.6 Å². The number of nitro benzene ring substituents is 1. The number of carbonyl (C=O) groups is 1. The smallest absolute Gasteiger partial charge is 0.269 e. The zero-order chi connectivity index (χ0) is 16.0. The Kier molecular flexibility index (Phi) is 6.34. The standard InChI is InChI=1S/C16H24N2O3/c1-5-13(6-2)11-17(7-3)16(19)15-9-8-14(18(20)21)10-12(15)4/h8-10,13H,5-7,11H2,1-4H3. The van der Waals surface area contributed by atoms with E-state index in [-0.39, 0.29) is 11.6 Å². The Morgan fingerprint density at radius 1 is 1.29 bits per heavy atom. The second kappa shape index (κ2) is 7.76. The van der Waals surface area contributed by atoms with Gasteiger partial charge in [-0.1, -0.05) is 26.7 Å². The highest BCUT2D eigenvalue weighted by Crippen LogP contribution is 2.20. The molecule has 0 aliphatic rings. The monoisotopic (exact) mass is 292 g/mol. The van der Waals surface area contributed by atoms with Crippen LogP contribution in [-0.2, 0) is 0 Å². The summed E-state index contributed by atoms with van der Waals surface area (Å²) in [7, 11) is 0. The maximum absolute atomic E-state index is 12.6. The van der Waals surface area contributed by atoms with E-state index in [9.17, 15) is 14.9 Å². The molecule has 0 aliphatic heterocycles. The van der Waals surface area contributed by atoms with Gasteiger partial charge in [-0.15, -0.1) is 0 Å². The Labute approximate surface area is 126 Å². The van der Waals surface area contributed by atoms with Gasteiger partial charge in [0.2, 0.25) is 0 Å². The third kappa shape index (κ3) is 4.28. The number of non-ortho nitro benzene ring substituents is 1. The van der Waals surface area contributed by atoms with E-state index in [1.165, 1.54) is 12.1 Å². The average molecular weight is 292 g/mol. The Morgan fingerprint density at radius 2 is 1.90 bits per heavy atom. The molecule has 1 aromatic carbocycles. The van der Waals surface area contributed by atoms with Crippen LogP contribution in [0.1, 0.15) is 49.5 Å². The molecule has 116 valence electrons. The molecule has 0 aromatic heterocycles. The first-order valence-electron chi connectivity index (χ1n) is 7.48. The summed E-state index contributed by atoms with van der Waals surface area (Å²) in [6, 6.07) is 4.41. The molecule has 21 heavy (non-hydrogen) atoms. The first-order chi connectivity index (χ1) is 9.94. The molecule has 1 amide bonds. The molecule has 1 aromatic rings. The van der Waals surface area contributed by atoms with Crippen LogP contribution < -0.4 is 0 Å². The SMILES string of the molecule is CCC(CC)CN(CC)C(=O)c1ccc([N+](=O)[O-])cc1C. The second-order valence-electron chi connectivity index (χ2n) is 5.28. The van der Waals surface area contributed by atoms with Gasteiger partial charge in [-0.2, -0.15) is 0 Å². The minimum Gasteiger partial charge on any atom is -0.339 e. The highest BCUT2D eigenvalue weighted by Gasteiger charge is 2.20. The molecular weight excluding hydrogens is 268 g/mol. The van der Waals surface area contributed by atoms with Crippen molar-refractivity contribution in [3.05, 3.63) is 39.4 Å². The molecule has 0 heterocycles. The van der Waals surface area contributed by atoms with Crippen LogP contribution in [0.4, 0.5) is 5.69 Å². The number of rotatable bonds is 7. The Bertz CT molecular complexity index is 510. The van der Waals surface area contributed by atoms with Crippen molar-refractivity contribution in [3.63, 3.8) is 0 Å².